The zero-order chi connectivity index (χ0) is 23.1. The smallest absolute Gasteiger partial charge is 0.277 e. The zero-order valence-electron chi connectivity index (χ0n) is 19.2. The summed E-state index contributed by atoms with van der Waals surface area (Å²) in [5.74, 6) is 1.50. The summed E-state index contributed by atoms with van der Waals surface area (Å²) in [6.45, 7) is 1.59. The number of rotatable bonds is 5. The van der Waals surface area contributed by atoms with Gasteiger partial charge in [0, 0.05) is 29.6 Å². The summed E-state index contributed by atoms with van der Waals surface area (Å²) >= 11 is 1.51. The lowest BCUT2D eigenvalue weighted by Gasteiger charge is -2.22. The lowest BCUT2D eigenvalue weighted by Crippen LogP contribution is -2.34. The van der Waals surface area contributed by atoms with Gasteiger partial charge in [-0.1, -0.05) is 0 Å². The second-order valence-electron chi connectivity index (χ2n) is 8.02. The number of aromatic nitrogens is 6. The molecule has 1 unspecified atom stereocenters. The van der Waals surface area contributed by atoms with E-state index in [1.807, 2.05) is 6.07 Å². The maximum Gasteiger partial charge on any atom is 0.277 e. The normalized spacial score (nSPS) is 16.0. The van der Waals surface area contributed by atoms with Crippen LogP contribution in [0.1, 0.15) is 22.7 Å². The Balaban J connectivity index is 0.00000152. The van der Waals surface area contributed by atoms with E-state index in [0.29, 0.717) is 53.6 Å². The average molecular weight is 552 g/mol. The van der Waals surface area contributed by atoms with E-state index in [-0.39, 0.29) is 36.4 Å². The summed E-state index contributed by atoms with van der Waals surface area (Å²) in [6.07, 6.45) is 3.88. The van der Waals surface area contributed by atoms with Gasteiger partial charge < -0.3 is 19.5 Å². The van der Waals surface area contributed by atoms with Crippen molar-refractivity contribution in [3.05, 3.63) is 51.0 Å². The van der Waals surface area contributed by atoms with E-state index in [1.54, 1.807) is 19.2 Å². The van der Waals surface area contributed by atoms with Crippen LogP contribution in [0.2, 0.25) is 0 Å². The van der Waals surface area contributed by atoms with Crippen molar-refractivity contribution >= 4 is 47.3 Å². The molecule has 4 aromatic rings. The molecule has 2 aliphatic rings. The summed E-state index contributed by atoms with van der Waals surface area (Å²) in [4.78, 5) is 27.3. The number of thiazole rings is 1. The highest BCUT2D eigenvalue weighted by Crippen LogP contribution is 2.30. The van der Waals surface area contributed by atoms with Gasteiger partial charge in [-0.2, -0.15) is 10.1 Å². The van der Waals surface area contributed by atoms with Crippen LogP contribution in [0.5, 0.6) is 17.5 Å². The van der Waals surface area contributed by atoms with E-state index in [1.165, 1.54) is 22.1 Å². The molecule has 6 rings (SSSR count). The Morgan fingerprint density at radius 1 is 1.19 bits per heavy atom. The fourth-order valence-corrected chi connectivity index (χ4v) is 5.33. The standard InChI is InChI=1S/C22H21N7O4S.2ClH/c1-31-18-5-4-15-20(26-18)29(19(30)11-24-15)22-25-14-3-2-12(9-17(14)34-22)23-10-13-8-16-21(28-27-13)33-7-6-32-16;;/h4-5,8,11-12,23H,2-3,6-7,9-10H2,1H3;2*1H. The average Bonchev–Trinajstić information content (AvgIpc) is 3.29. The quantitative estimate of drug-likeness (QED) is 0.394. The van der Waals surface area contributed by atoms with Crippen molar-refractivity contribution in [3.8, 4) is 22.6 Å². The van der Waals surface area contributed by atoms with Crippen LogP contribution in [-0.2, 0) is 19.4 Å². The lowest BCUT2D eigenvalue weighted by molar-refractivity contribution is 0.161. The van der Waals surface area contributed by atoms with Gasteiger partial charge in [0.15, 0.2) is 16.5 Å². The van der Waals surface area contributed by atoms with Gasteiger partial charge in [-0.3, -0.25) is 4.79 Å². The van der Waals surface area contributed by atoms with Gasteiger partial charge in [0.1, 0.15) is 18.7 Å². The lowest BCUT2D eigenvalue weighted by atomic mass is 9.97. The minimum Gasteiger partial charge on any atom is -0.484 e. The molecule has 4 aromatic heterocycles. The van der Waals surface area contributed by atoms with E-state index in [0.717, 1.165) is 35.5 Å². The maximum absolute atomic E-state index is 12.7. The predicted octanol–water partition coefficient (Wildman–Crippen LogP) is 2.30. The minimum atomic E-state index is -0.272. The van der Waals surface area contributed by atoms with Crippen molar-refractivity contribution in [3.63, 3.8) is 0 Å². The van der Waals surface area contributed by atoms with Gasteiger partial charge in [-0.25, -0.2) is 14.5 Å². The van der Waals surface area contributed by atoms with Gasteiger partial charge in [0.2, 0.25) is 5.88 Å². The third-order valence-corrected chi connectivity index (χ3v) is 6.94. The van der Waals surface area contributed by atoms with Crippen LogP contribution in [0, 0.1) is 0 Å². The number of nitrogens with zero attached hydrogens (tertiary/aromatic N) is 6. The second-order valence-corrected chi connectivity index (χ2v) is 9.08. The predicted molar refractivity (Wildman–Crippen MR) is 138 cm³/mol. The van der Waals surface area contributed by atoms with E-state index < -0.39 is 0 Å². The molecule has 0 saturated heterocycles. The maximum atomic E-state index is 12.7. The first-order chi connectivity index (χ1) is 16.7. The van der Waals surface area contributed by atoms with Crippen molar-refractivity contribution in [2.75, 3.05) is 20.3 Å². The summed E-state index contributed by atoms with van der Waals surface area (Å²) in [5, 5.41) is 12.5. The molecule has 0 radical (unpaired) electrons. The number of ether oxygens (including phenoxy) is 3. The third-order valence-electron chi connectivity index (χ3n) is 5.83. The van der Waals surface area contributed by atoms with Crippen LogP contribution in [-0.4, -0.2) is 56.1 Å². The Kier molecular flexibility index (Phi) is 7.88. The molecule has 0 aromatic carbocycles. The number of fused-ring (bicyclic) bond motifs is 3. The van der Waals surface area contributed by atoms with Crippen molar-refractivity contribution in [1.82, 2.24) is 35.0 Å². The Hall–Kier alpha value is -3.06. The van der Waals surface area contributed by atoms with Crippen molar-refractivity contribution < 1.29 is 14.2 Å². The molecule has 36 heavy (non-hydrogen) atoms. The van der Waals surface area contributed by atoms with E-state index in [4.69, 9.17) is 19.2 Å². The van der Waals surface area contributed by atoms with Gasteiger partial charge >= 0.3 is 0 Å². The van der Waals surface area contributed by atoms with Gasteiger partial charge in [-0.05, 0) is 25.3 Å². The van der Waals surface area contributed by atoms with Gasteiger partial charge in [0.25, 0.3) is 11.4 Å². The Bertz CT molecular complexity index is 1450. The highest BCUT2D eigenvalue weighted by molar-refractivity contribution is 7.14. The Morgan fingerprint density at radius 3 is 2.92 bits per heavy atom. The number of halogens is 2. The van der Waals surface area contributed by atoms with E-state index in [9.17, 15) is 4.79 Å². The summed E-state index contributed by atoms with van der Waals surface area (Å²) < 4.78 is 17.8. The highest BCUT2D eigenvalue weighted by atomic mass is 35.5. The molecular formula is C22H23Cl2N7O4S. The van der Waals surface area contributed by atoms with Gasteiger partial charge in [-0.15, -0.1) is 41.2 Å². The molecule has 190 valence electrons. The Morgan fingerprint density at radius 2 is 2.06 bits per heavy atom. The number of pyridine rings is 1. The largest absolute Gasteiger partial charge is 0.484 e. The fourth-order valence-electron chi connectivity index (χ4n) is 4.14. The molecule has 0 amide bonds. The first-order valence-electron chi connectivity index (χ1n) is 11.0. The second kappa shape index (κ2) is 10.9. The molecule has 1 atom stereocenters. The topological polar surface area (TPSA) is 126 Å². The third kappa shape index (κ3) is 4.94. The van der Waals surface area contributed by atoms with Crippen molar-refractivity contribution in [1.29, 1.82) is 0 Å². The number of aryl methyl sites for hydroxylation is 1. The van der Waals surface area contributed by atoms with Crippen molar-refractivity contribution in [2.45, 2.75) is 31.8 Å². The number of hydrogen-bond acceptors (Lipinski definition) is 11. The zero-order valence-corrected chi connectivity index (χ0v) is 21.6. The van der Waals surface area contributed by atoms with Crippen LogP contribution in [0.15, 0.2) is 29.2 Å². The summed E-state index contributed by atoms with van der Waals surface area (Å²) in [6, 6.07) is 5.64. The SMILES string of the molecule is COc1ccc2ncc(=O)n(-c3nc4c(s3)CC(NCc3cc5c(nn3)OCCO5)CC4)c2n1.Cl.Cl. The molecule has 1 aliphatic carbocycles. The number of hydrogen-bond donors (Lipinski definition) is 1. The molecule has 0 saturated carbocycles. The summed E-state index contributed by atoms with van der Waals surface area (Å²) in [5.41, 5.74) is 2.59. The number of methoxy groups -OCH3 is 1. The highest BCUT2D eigenvalue weighted by Gasteiger charge is 2.24. The molecule has 1 aliphatic heterocycles. The fraction of sp³-hybridized carbons (Fsp3) is 0.364. The first kappa shape index (κ1) is 26.0. The van der Waals surface area contributed by atoms with Crippen LogP contribution < -0.4 is 25.1 Å². The monoisotopic (exact) mass is 551 g/mol. The summed E-state index contributed by atoms with van der Waals surface area (Å²) in [7, 11) is 1.54. The molecule has 14 heteroatoms. The first-order valence-corrected chi connectivity index (χ1v) is 11.8. The minimum absolute atomic E-state index is 0. The van der Waals surface area contributed by atoms with E-state index in [2.05, 4.69) is 25.5 Å². The number of nitrogens with one attached hydrogen (secondary N) is 1. The van der Waals surface area contributed by atoms with Gasteiger partial charge in [0.05, 0.1) is 24.7 Å². The van der Waals surface area contributed by atoms with Crippen LogP contribution in [0.25, 0.3) is 16.3 Å². The van der Waals surface area contributed by atoms with Crippen LogP contribution in [0.3, 0.4) is 0 Å². The van der Waals surface area contributed by atoms with E-state index >= 15 is 0 Å². The molecule has 0 fully saturated rings. The molecular weight excluding hydrogens is 529 g/mol. The van der Waals surface area contributed by atoms with Crippen molar-refractivity contribution in [2.24, 2.45) is 0 Å². The molecule has 0 spiro atoms. The molecule has 5 heterocycles. The van der Waals surface area contributed by atoms with Crippen LogP contribution >= 0.6 is 36.2 Å². The molecule has 1 N–H and O–H groups in total. The van der Waals surface area contributed by atoms with Crippen LogP contribution in [0.4, 0.5) is 0 Å². The molecule has 0 bridgehead atoms. The molecule has 11 nitrogen and oxygen atoms in total. The Labute approximate surface area is 222 Å².